The predicted octanol–water partition coefficient (Wildman–Crippen LogP) is 3.50. The van der Waals surface area contributed by atoms with Crippen LogP contribution in [0.3, 0.4) is 0 Å². The van der Waals surface area contributed by atoms with Crippen molar-refractivity contribution in [3.63, 3.8) is 0 Å². The lowest BCUT2D eigenvalue weighted by Gasteiger charge is -2.19. The number of halogens is 2. The minimum absolute atomic E-state index is 0.174. The molecule has 0 aliphatic heterocycles. The van der Waals surface area contributed by atoms with Crippen molar-refractivity contribution in [3.8, 4) is 0 Å². The zero-order valence-electron chi connectivity index (χ0n) is 6.66. The van der Waals surface area contributed by atoms with Crippen LogP contribution < -0.4 is 0 Å². The van der Waals surface area contributed by atoms with Crippen molar-refractivity contribution < 1.29 is 8.78 Å². The van der Waals surface area contributed by atoms with Gasteiger partial charge in [-0.25, -0.2) is 0 Å². The molecule has 0 aromatic rings. The molecule has 0 aliphatic rings. The molecule has 0 unspecified atom stereocenters. The maximum atomic E-state index is 12.1. The number of hydrogen-bond donors (Lipinski definition) is 0. The molecule has 0 atom stereocenters. The molecule has 0 amide bonds. The molecule has 0 nitrogen and oxygen atoms in total. The van der Waals surface area contributed by atoms with Crippen molar-refractivity contribution in [3.05, 3.63) is 11.0 Å². The summed E-state index contributed by atoms with van der Waals surface area (Å²) in [5.41, 5.74) is -0.418. The van der Waals surface area contributed by atoms with Gasteiger partial charge in [0, 0.05) is 0 Å². The van der Waals surface area contributed by atoms with E-state index in [2.05, 4.69) is 0 Å². The van der Waals surface area contributed by atoms with E-state index in [1.807, 2.05) is 0 Å². The minimum atomic E-state index is -1.56. The summed E-state index contributed by atoms with van der Waals surface area (Å²) in [6.45, 7) is 5.33. The van der Waals surface area contributed by atoms with Crippen LogP contribution in [-0.4, -0.2) is 6.26 Å². The second kappa shape index (κ2) is 3.37. The van der Waals surface area contributed by atoms with E-state index in [9.17, 15) is 8.78 Å². The summed E-state index contributed by atoms with van der Waals surface area (Å²) in [5, 5.41) is 0. The van der Waals surface area contributed by atoms with Gasteiger partial charge in [-0.1, -0.05) is 20.8 Å². The van der Waals surface area contributed by atoms with Crippen molar-refractivity contribution in [1.29, 1.82) is 0 Å². The predicted molar refractivity (Wildman–Crippen MR) is 42.2 cm³/mol. The van der Waals surface area contributed by atoms with Crippen LogP contribution in [0.25, 0.3) is 0 Å². The molecule has 60 valence electrons. The van der Waals surface area contributed by atoms with Crippen LogP contribution in [0.5, 0.6) is 0 Å². The van der Waals surface area contributed by atoms with E-state index in [1.54, 1.807) is 27.0 Å². The van der Waals surface area contributed by atoms with Crippen LogP contribution in [0.2, 0.25) is 0 Å². The first kappa shape index (κ1) is 9.95. The Hall–Kier alpha value is -0.0500. The highest BCUT2D eigenvalue weighted by atomic mass is 32.2. The maximum absolute atomic E-state index is 12.1. The number of hydrogen-bond acceptors (Lipinski definition) is 1. The highest BCUT2D eigenvalue weighted by Gasteiger charge is 2.20. The van der Waals surface area contributed by atoms with Crippen molar-refractivity contribution >= 4 is 11.8 Å². The fourth-order valence-electron chi connectivity index (χ4n) is 0.667. The van der Waals surface area contributed by atoms with E-state index in [-0.39, 0.29) is 4.91 Å². The Bertz CT molecular complexity index is 140. The number of thioether (sulfide) groups is 1. The first-order chi connectivity index (χ1) is 4.39. The molecule has 0 aromatic carbocycles. The Kier molecular flexibility index (Phi) is 3.36. The zero-order valence-corrected chi connectivity index (χ0v) is 7.48. The zero-order chi connectivity index (χ0) is 8.36. The van der Waals surface area contributed by atoms with Gasteiger partial charge in [0.2, 0.25) is 0 Å². The summed E-state index contributed by atoms with van der Waals surface area (Å²) >= 11 is 1.11. The SMILES string of the molecule is CSC(=C(F)F)C(C)(C)C. The maximum Gasteiger partial charge on any atom is 0.280 e. The topological polar surface area (TPSA) is 0 Å². The van der Waals surface area contributed by atoms with Crippen molar-refractivity contribution in [2.75, 3.05) is 6.26 Å². The molecule has 0 saturated carbocycles. The van der Waals surface area contributed by atoms with Gasteiger partial charge >= 0.3 is 0 Å². The molecule has 0 heterocycles. The third kappa shape index (κ3) is 2.69. The normalized spacial score (nSPS) is 11.4. The quantitative estimate of drug-likeness (QED) is 0.574. The summed E-state index contributed by atoms with van der Waals surface area (Å²) in [6, 6.07) is 0. The Labute approximate surface area is 64.7 Å². The third-order valence-electron chi connectivity index (χ3n) is 1.06. The molecule has 0 radical (unpaired) electrons. The third-order valence-corrected chi connectivity index (χ3v) is 2.23. The lowest BCUT2D eigenvalue weighted by Crippen LogP contribution is -2.06. The second-order valence-electron chi connectivity index (χ2n) is 3.04. The molecule has 0 aliphatic carbocycles. The van der Waals surface area contributed by atoms with E-state index in [0.717, 1.165) is 11.8 Å². The summed E-state index contributed by atoms with van der Waals surface area (Å²) in [5.74, 6) is 0. The molecule has 0 fully saturated rings. The van der Waals surface area contributed by atoms with Crippen LogP contribution in [0.15, 0.2) is 11.0 Å². The van der Waals surface area contributed by atoms with Crippen molar-refractivity contribution in [2.45, 2.75) is 20.8 Å². The van der Waals surface area contributed by atoms with E-state index < -0.39 is 11.5 Å². The molecule has 0 bridgehead atoms. The van der Waals surface area contributed by atoms with Crippen molar-refractivity contribution in [2.24, 2.45) is 5.41 Å². The van der Waals surface area contributed by atoms with Gasteiger partial charge in [-0.05, 0) is 11.7 Å². The lowest BCUT2D eigenvalue weighted by atomic mass is 9.97. The first-order valence-electron chi connectivity index (χ1n) is 2.99. The van der Waals surface area contributed by atoms with Crippen LogP contribution in [0.4, 0.5) is 8.78 Å². The Morgan fingerprint density at radius 3 is 1.60 bits per heavy atom. The van der Waals surface area contributed by atoms with E-state index >= 15 is 0 Å². The van der Waals surface area contributed by atoms with Gasteiger partial charge in [0.25, 0.3) is 6.08 Å². The van der Waals surface area contributed by atoms with E-state index in [1.165, 1.54) is 0 Å². The molecular formula is C7H12F2S. The molecular weight excluding hydrogens is 154 g/mol. The van der Waals surface area contributed by atoms with Gasteiger partial charge < -0.3 is 0 Å². The highest BCUT2D eigenvalue weighted by Crippen LogP contribution is 2.36. The number of allylic oxidation sites excluding steroid dienone is 1. The average Bonchev–Trinajstić information content (AvgIpc) is 1.60. The van der Waals surface area contributed by atoms with Crippen LogP contribution in [-0.2, 0) is 0 Å². The van der Waals surface area contributed by atoms with Gasteiger partial charge in [-0.2, -0.15) is 8.78 Å². The van der Waals surface area contributed by atoms with Gasteiger partial charge in [-0.3, -0.25) is 0 Å². The molecule has 0 rings (SSSR count). The Morgan fingerprint density at radius 1 is 1.20 bits per heavy atom. The van der Waals surface area contributed by atoms with Gasteiger partial charge in [0.05, 0.1) is 4.91 Å². The smallest absolute Gasteiger partial charge is 0.172 e. The molecule has 0 N–H and O–H groups in total. The standard InChI is InChI=1S/C7H12F2S/c1-7(2,3)5(10-4)6(8)9/h1-4H3. The fraction of sp³-hybridized carbons (Fsp3) is 0.714. The van der Waals surface area contributed by atoms with Crippen LogP contribution in [0, 0.1) is 5.41 Å². The Morgan fingerprint density at radius 2 is 1.60 bits per heavy atom. The summed E-state index contributed by atoms with van der Waals surface area (Å²) in [4.78, 5) is 0.174. The monoisotopic (exact) mass is 166 g/mol. The molecule has 10 heavy (non-hydrogen) atoms. The summed E-state index contributed by atoms with van der Waals surface area (Å²) in [6.07, 6.45) is 0.111. The summed E-state index contributed by atoms with van der Waals surface area (Å²) in [7, 11) is 0. The fourth-order valence-corrected chi connectivity index (χ4v) is 1.43. The average molecular weight is 166 g/mol. The van der Waals surface area contributed by atoms with Gasteiger partial charge in [0.1, 0.15) is 0 Å². The molecule has 3 heteroatoms. The second-order valence-corrected chi connectivity index (χ2v) is 3.86. The lowest BCUT2D eigenvalue weighted by molar-refractivity contribution is 0.387. The molecule has 0 spiro atoms. The van der Waals surface area contributed by atoms with Gasteiger partial charge in [0.15, 0.2) is 0 Å². The van der Waals surface area contributed by atoms with E-state index in [4.69, 9.17) is 0 Å². The number of rotatable bonds is 1. The van der Waals surface area contributed by atoms with Crippen molar-refractivity contribution in [1.82, 2.24) is 0 Å². The van der Waals surface area contributed by atoms with Crippen LogP contribution >= 0.6 is 11.8 Å². The van der Waals surface area contributed by atoms with Gasteiger partial charge in [-0.15, -0.1) is 11.8 Å². The minimum Gasteiger partial charge on any atom is -0.172 e. The molecule has 0 saturated heterocycles. The highest BCUT2D eigenvalue weighted by molar-refractivity contribution is 8.02. The van der Waals surface area contributed by atoms with E-state index in [0.29, 0.717) is 0 Å². The van der Waals surface area contributed by atoms with Crippen LogP contribution in [0.1, 0.15) is 20.8 Å². The largest absolute Gasteiger partial charge is 0.280 e. The summed E-state index contributed by atoms with van der Waals surface area (Å²) < 4.78 is 24.1. The molecule has 0 aromatic heterocycles. The Balaban J connectivity index is 4.55. The first-order valence-corrected chi connectivity index (χ1v) is 4.22.